The molecule has 2 fully saturated rings. The minimum Gasteiger partial charge on any atom is -0.387 e. The van der Waals surface area contributed by atoms with E-state index in [-0.39, 0.29) is 11.7 Å². The van der Waals surface area contributed by atoms with E-state index in [1.54, 1.807) is 12.1 Å². The van der Waals surface area contributed by atoms with Gasteiger partial charge in [-0.2, -0.15) is 0 Å². The molecule has 2 aliphatic rings. The lowest BCUT2D eigenvalue weighted by Gasteiger charge is -2.25. The fourth-order valence-corrected chi connectivity index (χ4v) is 3.32. The molecule has 4 nitrogen and oxygen atoms in total. The molecule has 0 radical (unpaired) electrons. The van der Waals surface area contributed by atoms with E-state index in [0.29, 0.717) is 30.7 Å². The quantitative estimate of drug-likeness (QED) is 0.811. The van der Waals surface area contributed by atoms with E-state index in [0.717, 1.165) is 25.7 Å². The molecule has 1 aromatic rings. The average molecular weight is 320 g/mol. The first-order chi connectivity index (χ1) is 11.1. The number of halogens is 1. The summed E-state index contributed by atoms with van der Waals surface area (Å²) in [5.41, 5.74) is 0.688. The van der Waals surface area contributed by atoms with Gasteiger partial charge in [0.15, 0.2) is 0 Å². The molecule has 2 aliphatic carbocycles. The molecular formula is C18H25FN2O2. The molecule has 23 heavy (non-hydrogen) atoms. The number of hydrogen-bond acceptors (Lipinski definition) is 3. The smallest absolute Gasteiger partial charge is 0.234 e. The van der Waals surface area contributed by atoms with E-state index < -0.39 is 6.10 Å². The van der Waals surface area contributed by atoms with Gasteiger partial charge < -0.3 is 10.4 Å². The van der Waals surface area contributed by atoms with E-state index in [1.807, 2.05) is 0 Å². The van der Waals surface area contributed by atoms with E-state index >= 15 is 0 Å². The highest BCUT2D eigenvalue weighted by atomic mass is 19.1. The van der Waals surface area contributed by atoms with Crippen molar-refractivity contribution in [1.29, 1.82) is 0 Å². The Kier molecular flexibility index (Phi) is 5.28. The fourth-order valence-electron chi connectivity index (χ4n) is 3.32. The van der Waals surface area contributed by atoms with E-state index in [1.165, 1.54) is 25.0 Å². The summed E-state index contributed by atoms with van der Waals surface area (Å²) >= 11 is 0. The largest absolute Gasteiger partial charge is 0.387 e. The number of rotatable bonds is 7. The van der Waals surface area contributed by atoms with Gasteiger partial charge in [0, 0.05) is 18.6 Å². The molecule has 1 unspecified atom stereocenters. The molecule has 1 amide bonds. The summed E-state index contributed by atoms with van der Waals surface area (Å²) in [7, 11) is 0. The van der Waals surface area contributed by atoms with Crippen LogP contribution in [-0.2, 0) is 4.79 Å². The highest BCUT2D eigenvalue weighted by Gasteiger charge is 2.32. The van der Waals surface area contributed by atoms with Gasteiger partial charge >= 0.3 is 0 Å². The summed E-state index contributed by atoms with van der Waals surface area (Å²) in [6.45, 7) is 0.744. The summed E-state index contributed by atoms with van der Waals surface area (Å²) in [6.07, 6.45) is 6.00. The third-order valence-corrected chi connectivity index (χ3v) is 4.79. The highest BCUT2D eigenvalue weighted by Crippen LogP contribution is 2.28. The lowest BCUT2D eigenvalue weighted by Crippen LogP contribution is -2.43. The van der Waals surface area contributed by atoms with Gasteiger partial charge in [0.25, 0.3) is 0 Å². The topological polar surface area (TPSA) is 52.6 Å². The van der Waals surface area contributed by atoms with Crippen LogP contribution in [-0.4, -0.2) is 41.1 Å². The number of carbonyl (C=O) groups excluding carboxylic acids is 1. The van der Waals surface area contributed by atoms with Gasteiger partial charge in [-0.25, -0.2) is 4.39 Å². The van der Waals surface area contributed by atoms with Gasteiger partial charge in [0.1, 0.15) is 5.82 Å². The number of aliphatic hydroxyl groups is 1. The molecule has 5 heteroatoms. The second-order valence-corrected chi connectivity index (χ2v) is 6.78. The Morgan fingerprint density at radius 1 is 1.22 bits per heavy atom. The van der Waals surface area contributed by atoms with Gasteiger partial charge in [0.05, 0.1) is 12.6 Å². The van der Waals surface area contributed by atoms with E-state index in [2.05, 4.69) is 10.2 Å². The first-order valence-electron chi connectivity index (χ1n) is 8.59. The van der Waals surface area contributed by atoms with Crippen molar-refractivity contribution >= 4 is 5.91 Å². The van der Waals surface area contributed by atoms with Crippen LogP contribution in [0.2, 0.25) is 0 Å². The normalized spacial score (nSPS) is 20.0. The first-order valence-corrected chi connectivity index (χ1v) is 8.59. The van der Waals surface area contributed by atoms with Crippen LogP contribution in [0.4, 0.5) is 4.39 Å². The van der Waals surface area contributed by atoms with Gasteiger partial charge in [-0.3, -0.25) is 9.69 Å². The third kappa shape index (κ3) is 4.75. The minimum atomic E-state index is -0.699. The Morgan fingerprint density at radius 2 is 1.87 bits per heavy atom. The number of amides is 1. The standard InChI is InChI=1S/C18H25FN2O2/c19-14-7-5-13(6-8-14)17(22)11-21(16-9-10-16)12-18(23)20-15-3-1-2-4-15/h5-8,15-17,22H,1-4,9-12H2,(H,20,23). The average Bonchev–Trinajstić information content (AvgIpc) is 3.25. The lowest BCUT2D eigenvalue weighted by atomic mass is 10.1. The van der Waals surface area contributed by atoms with Gasteiger partial charge in [-0.1, -0.05) is 25.0 Å². The van der Waals surface area contributed by atoms with Crippen LogP contribution in [0.3, 0.4) is 0 Å². The zero-order valence-corrected chi connectivity index (χ0v) is 13.4. The van der Waals surface area contributed by atoms with Gasteiger partial charge in [-0.05, 0) is 43.4 Å². The van der Waals surface area contributed by atoms with Crippen LogP contribution in [0.25, 0.3) is 0 Å². The Hall–Kier alpha value is -1.46. The molecular weight excluding hydrogens is 295 g/mol. The van der Waals surface area contributed by atoms with Crippen molar-refractivity contribution in [2.24, 2.45) is 0 Å². The van der Waals surface area contributed by atoms with Crippen molar-refractivity contribution in [3.05, 3.63) is 35.6 Å². The molecule has 0 spiro atoms. The Morgan fingerprint density at radius 3 is 2.48 bits per heavy atom. The summed E-state index contributed by atoms with van der Waals surface area (Å²) in [4.78, 5) is 14.3. The molecule has 2 N–H and O–H groups in total. The summed E-state index contributed by atoms with van der Waals surface area (Å²) in [5.74, 6) is -0.258. The number of aliphatic hydroxyl groups excluding tert-OH is 1. The molecule has 2 saturated carbocycles. The highest BCUT2D eigenvalue weighted by molar-refractivity contribution is 5.78. The molecule has 1 aromatic carbocycles. The van der Waals surface area contributed by atoms with Crippen molar-refractivity contribution in [1.82, 2.24) is 10.2 Å². The van der Waals surface area contributed by atoms with Crippen LogP contribution in [0.1, 0.15) is 50.2 Å². The first kappa shape index (κ1) is 16.4. The summed E-state index contributed by atoms with van der Waals surface area (Å²) in [5, 5.41) is 13.5. The van der Waals surface area contributed by atoms with Crippen molar-refractivity contribution in [3.63, 3.8) is 0 Å². The van der Waals surface area contributed by atoms with Gasteiger partial charge in [-0.15, -0.1) is 0 Å². The molecule has 126 valence electrons. The zero-order chi connectivity index (χ0) is 16.2. The van der Waals surface area contributed by atoms with Crippen LogP contribution < -0.4 is 5.32 Å². The Bertz CT molecular complexity index is 524. The van der Waals surface area contributed by atoms with Crippen molar-refractivity contribution in [2.45, 2.75) is 56.7 Å². The minimum absolute atomic E-state index is 0.0510. The monoisotopic (exact) mass is 320 g/mol. The predicted octanol–water partition coefficient (Wildman–Crippen LogP) is 2.38. The van der Waals surface area contributed by atoms with Crippen LogP contribution in [0.15, 0.2) is 24.3 Å². The molecule has 3 rings (SSSR count). The SMILES string of the molecule is O=C(CN(CC(O)c1ccc(F)cc1)C1CC1)NC1CCCC1. The maximum absolute atomic E-state index is 13.0. The number of hydrogen-bond donors (Lipinski definition) is 2. The second kappa shape index (κ2) is 7.41. The summed E-state index contributed by atoms with van der Waals surface area (Å²) < 4.78 is 13.0. The lowest BCUT2D eigenvalue weighted by molar-refractivity contribution is -0.123. The molecule has 0 aliphatic heterocycles. The number of nitrogens with zero attached hydrogens (tertiary/aromatic N) is 1. The van der Waals surface area contributed by atoms with Crippen molar-refractivity contribution in [3.8, 4) is 0 Å². The van der Waals surface area contributed by atoms with Crippen LogP contribution in [0.5, 0.6) is 0 Å². The molecule has 0 bridgehead atoms. The maximum atomic E-state index is 13.0. The predicted molar refractivity (Wildman–Crippen MR) is 86.4 cm³/mol. The van der Waals surface area contributed by atoms with Gasteiger partial charge in [0.2, 0.25) is 5.91 Å². The van der Waals surface area contributed by atoms with Crippen molar-refractivity contribution < 1.29 is 14.3 Å². The number of carbonyl (C=O) groups is 1. The molecule has 0 heterocycles. The fraction of sp³-hybridized carbons (Fsp3) is 0.611. The third-order valence-electron chi connectivity index (χ3n) is 4.79. The maximum Gasteiger partial charge on any atom is 0.234 e. The van der Waals surface area contributed by atoms with Crippen LogP contribution >= 0.6 is 0 Å². The Labute approximate surface area is 136 Å². The van der Waals surface area contributed by atoms with E-state index in [9.17, 15) is 14.3 Å². The van der Waals surface area contributed by atoms with Crippen molar-refractivity contribution in [2.75, 3.05) is 13.1 Å². The van der Waals surface area contributed by atoms with Crippen LogP contribution in [0, 0.1) is 5.82 Å². The molecule has 0 saturated heterocycles. The number of benzene rings is 1. The second-order valence-electron chi connectivity index (χ2n) is 6.78. The molecule has 1 atom stereocenters. The zero-order valence-electron chi connectivity index (χ0n) is 13.4. The van der Waals surface area contributed by atoms with E-state index in [4.69, 9.17) is 0 Å². The summed E-state index contributed by atoms with van der Waals surface area (Å²) in [6, 6.07) is 6.62. The Balaban J connectivity index is 1.53. The number of nitrogens with one attached hydrogen (secondary N) is 1. The molecule has 0 aromatic heterocycles.